The van der Waals surface area contributed by atoms with Crippen molar-refractivity contribution in [3.05, 3.63) is 93.0 Å². The highest BCUT2D eigenvalue weighted by molar-refractivity contribution is 6.35. The summed E-state index contributed by atoms with van der Waals surface area (Å²) < 4.78 is 44.3. The van der Waals surface area contributed by atoms with E-state index in [0.29, 0.717) is 11.3 Å². The minimum atomic E-state index is -4.48. The second-order valence-electron chi connectivity index (χ2n) is 6.00. The van der Waals surface area contributed by atoms with Gasteiger partial charge in [-0.25, -0.2) is 0 Å². The van der Waals surface area contributed by atoms with Gasteiger partial charge in [-0.2, -0.15) is 13.2 Å². The molecule has 0 aromatic heterocycles. The third-order valence-electron chi connectivity index (χ3n) is 3.98. The topological polar surface area (TPSA) is 64.4 Å². The molecule has 0 aliphatic rings. The van der Waals surface area contributed by atoms with Crippen LogP contribution >= 0.6 is 11.6 Å². The van der Waals surface area contributed by atoms with Gasteiger partial charge in [0, 0.05) is 12.6 Å². The van der Waals surface area contributed by atoms with Crippen molar-refractivity contribution in [2.24, 2.45) is 0 Å². The maximum absolute atomic E-state index is 12.9. The molecule has 0 aliphatic carbocycles. The summed E-state index contributed by atoms with van der Waals surface area (Å²) in [6.45, 7) is -0.0979. The zero-order valence-electron chi connectivity index (χ0n) is 14.7. The van der Waals surface area contributed by atoms with E-state index >= 15 is 0 Å². The Morgan fingerprint density at radius 2 is 1.76 bits per heavy atom. The van der Waals surface area contributed by atoms with Crippen LogP contribution in [0.4, 0.5) is 24.5 Å². The fourth-order valence-corrected chi connectivity index (χ4v) is 2.87. The van der Waals surface area contributed by atoms with Gasteiger partial charge >= 0.3 is 6.18 Å². The quantitative estimate of drug-likeness (QED) is 0.356. The molecule has 0 saturated carbocycles. The van der Waals surface area contributed by atoms with Crippen LogP contribution in [0, 0.1) is 10.1 Å². The lowest BCUT2D eigenvalue weighted by molar-refractivity contribution is -0.384. The van der Waals surface area contributed by atoms with Crippen molar-refractivity contribution >= 4 is 23.0 Å². The molecule has 0 radical (unpaired) electrons. The van der Waals surface area contributed by atoms with Crippen LogP contribution in [0.3, 0.4) is 0 Å². The molecular formula is C20H14ClF3N2O3. The van der Waals surface area contributed by atoms with Gasteiger partial charge in [0.2, 0.25) is 0 Å². The number of anilines is 1. The van der Waals surface area contributed by atoms with Crippen LogP contribution in [0.2, 0.25) is 5.02 Å². The van der Waals surface area contributed by atoms with Crippen molar-refractivity contribution in [3.8, 4) is 11.5 Å². The molecule has 0 fully saturated rings. The summed E-state index contributed by atoms with van der Waals surface area (Å²) in [5.41, 5.74) is -0.872. The molecule has 0 spiro atoms. The molecule has 3 rings (SSSR count). The lowest BCUT2D eigenvalue weighted by atomic mass is 10.1. The Morgan fingerprint density at radius 3 is 2.41 bits per heavy atom. The summed E-state index contributed by atoms with van der Waals surface area (Å²) in [6.07, 6.45) is -4.48. The number of nitrogens with one attached hydrogen (secondary N) is 1. The third kappa shape index (κ3) is 4.97. The van der Waals surface area contributed by atoms with Gasteiger partial charge < -0.3 is 10.1 Å². The Bertz CT molecular complexity index is 1030. The van der Waals surface area contributed by atoms with Crippen LogP contribution in [-0.2, 0) is 12.7 Å². The molecule has 1 N–H and O–H groups in total. The minimum absolute atomic E-state index is 0.0393. The Kier molecular flexibility index (Phi) is 5.93. The molecule has 0 bridgehead atoms. The number of nitro groups is 1. The van der Waals surface area contributed by atoms with Crippen molar-refractivity contribution in [3.63, 3.8) is 0 Å². The summed E-state index contributed by atoms with van der Waals surface area (Å²) in [6, 6.07) is 15.9. The lowest BCUT2D eigenvalue weighted by Crippen LogP contribution is -2.08. The van der Waals surface area contributed by atoms with E-state index in [1.165, 1.54) is 24.3 Å². The van der Waals surface area contributed by atoms with E-state index < -0.39 is 16.7 Å². The second-order valence-corrected chi connectivity index (χ2v) is 6.37. The summed E-state index contributed by atoms with van der Waals surface area (Å²) in [5.74, 6) is 0.655. The van der Waals surface area contributed by atoms with Crippen molar-refractivity contribution in [2.45, 2.75) is 12.7 Å². The predicted molar refractivity (Wildman–Crippen MR) is 103 cm³/mol. The number of ether oxygens (including phenoxy) is 1. The average Bonchev–Trinajstić information content (AvgIpc) is 2.68. The summed E-state index contributed by atoms with van der Waals surface area (Å²) in [4.78, 5) is 10.7. The number of hydrogen-bond acceptors (Lipinski definition) is 4. The summed E-state index contributed by atoms with van der Waals surface area (Å²) in [7, 11) is 0. The monoisotopic (exact) mass is 422 g/mol. The van der Waals surface area contributed by atoms with E-state index in [1.807, 2.05) is 0 Å². The average molecular weight is 423 g/mol. The fourth-order valence-electron chi connectivity index (χ4n) is 2.61. The lowest BCUT2D eigenvalue weighted by Gasteiger charge is -2.14. The van der Waals surface area contributed by atoms with Crippen molar-refractivity contribution in [1.29, 1.82) is 0 Å². The Hall–Kier alpha value is -3.26. The van der Waals surface area contributed by atoms with Gasteiger partial charge in [0.05, 0.1) is 10.5 Å². The van der Waals surface area contributed by atoms with E-state index in [1.54, 1.807) is 30.3 Å². The highest BCUT2D eigenvalue weighted by atomic mass is 35.5. The van der Waals surface area contributed by atoms with Gasteiger partial charge in [-0.1, -0.05) is 41.9 Å². The van der Waals surface area contributed by atoms with Crippen molar-refractivity contribution in [1.82, 2.24) is 0 Å². The molecule has 29 heavy (non-hydrogen) atoms. The molecule has 150 valence electrons. The maximum atomic E-state index is 12.9. The fraction of sp³-hybridized carbons (Fsp3) is 0.100. The number of benzene rings is 3. The van der Waals surface area contributed by atoms with Crippen LogP contribution < -0.4 is 10.1 Å². The first kappa shape index (κ1) is 20.5. The zero-order valence-corrected chi connectivity index (χ0v) is 15.5. The Balaban J connectivity index is 1.89. The highest BCUT2D eigenvalue weighted by Gasteiger charge is 2.30. The standard InChI is InChI=1S/C20H14ClF3N2O3/c21-18-17(29-15-7-2-1-3-8-15)10-9-16(26(27)28)19(18)25-12-13-5-4-6-14(11-13)20(22,23)24/h1-11,25H,12H2. The van der Waals surface area contributed by atoms with Crippen LogP contribution in [-0.4, -0.2) is 4.92 Å². The molecule has 3 aromatic carbocycles. The number of para-hydroxylation sites is 1. The normalized spacial score (nSPS) is 11.2. The first-order valence-electron chi connectivity index (χ1n) is 8.35. The molecule has 0 amide bonds. The molecule has 9 heteroatoms. The van der Waals surface area contributed by atoms with Crippen LogP contribution in [0.15, 0.2) is 66.7 Å². The largest absolute Gasteiger partial charge is 0.456 e. The molecule has 3 aromatic rings. The number of nitrogens with zero attached hydrogens (tertiary/aromatic N) is 1. The van der Waals surface area contributed by atoms with Gasteiger partial charge in [-0.15, -0.1) is 0 Å². The number of rotatable bonds is 6. The van der Waals surface area contributed by atoms with E-state index in [0.717, 1.165) is 12.1 Å². The maximum Gasteiger partial charge on any atom is 0.416 e. The van der Waals surface area contributed by atoms with Crippen LogP contribution in [0.25, 0.3) is 0 Å². The molecule has 0 unspecified atom stereocenters. The number of hydrogen-bond donors (Lipinski definition) is 1. The zero-order chi connectivity index (χ0) is 21.0. The molecular weight excluding hydrogens is 409 g/mol. The van der Waals surface area contributed by atoms with Crippen LogP contribution in [0.5, 0.6) is 11.5 Å². The Labute approximate surface area is 168 Å². The SMILES string of the molecule is O=[N+]([O-])c1ccc(Oc2ccccc2)c(Cl)c1NCc1cccc(C(F)(F)F)c1. The van der Waals surface area contributed by atoms with Crippen LogP contribution in [0.1, 0.15) is 11.1 Å². The predicted octanol–water partition coefficient (Wildman–Crippen LogP) is 6.67. The third-order valence-corrected chi connectivity index (χ3v) is 4.35. The van der Waals surface area contributed by atoms with Gasteiger partial charge in [0.1, 0.15) is 22.2 Å². The number of nitro benzene ring substituents is 1. The molecule has 0 atom stereocenters. The molecule has 0 aliphatic heterocycles. The molecule has 5 nitrogen and oxygen atoms in total. The van der Waals surface area contributed by atoms with Crippen molar-refractivity contribution in [2.75, 3.05) is 5.32 Å². The van der Waals surface area contributed by atoms with E-state index in [4.69, 9.17) is 16.3 Å². The number of halogens is 4. The second kappa shape index (κ2) is 8.40. The van der Waals surface area contributed by atoms with E-state index in [2.05, 4.69) is 5.32 Å². The van der Waals surface area contributed by atoms with E-state index in [-0.39, 0.29) is 28.7 Å². The highest BCUT2D eigenvalue weighted by Crippen LogP contribution is 2.41. The summed E-state index contributed by atoms with van der Waals surface area (Å²) >= 11 is 6.31. The van der Waals surface area contributed by atoms with Gasteiger partial charge in [0.15, 0.2) is 0 Å². The smallest absolute Gasteiger partial charge is 0.416 e. The number of alkyl halides is 3. The first-order chi connectivity index (χ1) is 13.8. The molecule has 0 heterocycles. The van der Waals surface area contributed by atoms with Gasteiger partial charge in [0.25, 0.3) is 5.69 Å². The summed E-state index contributed by atoms with van der Waals surface area (Å²) in [5, 5.41) is 14.1. The Morgan fingerprint density at radius 1 is 1.03 bits per heavy atom. The van der Waals surface area contributed by atoms with Gasteiger partial charge in [-0.3, -0.25) is 10.1 Å². The van der Waals surface area contributed by atoms with Crippen molar-refractivity contribution < 1.29 is 22.8 Å². The van der Waals surface area contributed by atoms with Gasteiger partial charge in [-0.05, 0) is 35.9 Å². The minimum Gasteiger partial charge on any atom is -0.456 e. The first-order valence-corrected chi connectivity index (χ1v) is 8.73. The van der Waals surface area contributed by atoms with E-state index in [9.17, 15) is 23.3 Å². The molecule has 0 saturated heterocycles.